The van der Waals surface area contributed by atoms with E-state index in [1.54, 1.807) is 0 Å². The number of para-hydroxylation sites is 1. The molecule has 0 fully saturated rings. The molecule has 0 bridgehead atoms. The molecular formula is C26H35NO5. The zero-order valence-corrected chi connectivity index (χ0v) is 20.0. The molecule has 0 aromatic heterocycles. The average molecular weight is 442 g/mol. The van der Waals surface area contributed by atoms with Gasteiger partial charge in [0.25, 0.3) is 0 Å². The van der Waals surface area contributed by atoms with E-state index in [1.807, 2.05) is 52.0 Å². The predicted octanol–water partition coefficient (Wildman–Crippen LogP) is 4.66. The van der Waals surface area contributed by atoms with E-state index in [0.717, 1.165) is 17.7 Å². The fourth-order valence-corrected chi connectivity index (χ4v) is 4.51. The van der Waals surface area contributed by atoms with Gasteiger partial charge in [0.15, 0.2) is 5.78 Å². The molecule has 0 amide bonds. The Morgan fingerprint density at radius 3 is 2.59 bits per heavy atom. The van der Waals surface area contributed by atoms with E-state index >= 15 is 0 Å². The molecule has 1 aliphatic heterocycles. The molecule has 6 nitrogen and oxygen atoms in total. The largest absolute Gasteiger partial charge is 0.491 e. The number of hydrogen-bond acceptors (Lipinski definition) is 6. The summed E-state index contributed by atoms with van der Waals surface area (Å²) in [5.41, 5.74) is 3.36. The van der Waals surface area contributed by atoms with E-state index in [-0.39, 0.29) is 23.9 Å². The van der Waals surface area contributed by atoms with E-state index in [9.17, 15) is 9.59 Å². The number of dihydropyridines is 1. The van der Waals surface area contributed by atoms with E-state index in [0.29, 0.717) is 42.2 Å². The summed E-state index contributed by atoms with van der Waals surface area (Å²) in [6.45, 7) is 12.9. The minimum Gasteiger partial charge on any atom is -0.491 e. The molecule has 6 heteroatoms. The lowest BCUT2D eigenvalue weighted by molar-refractivity contribution is -0.140. The van der Waals surface area contributed by atoms with Gasteiger partial charge < -0.3 is 19.5 Å². The number of esters is 1. The van der Waals surface area contributed by atoms with Gasteiger partial charge in [-0.25, -0.2) is 4.79 Å². The first kappa shape index (κ1) is 24.1. The molecule has 3 rings (SSSR count). The maximum absolute atomic E-state index is 13.4. The number of benzene rings is 1. The third kappa shape index (κ3) is 5.23. The first-order chi connectivity index (χ1) is 15.1. The maximum Gasteiger partial charge on any atom is 0.336 e. The van der Waals surface area contributed by atoms with Gasteiger partial charge in [0, 0.05) is 35.6 Å². The highest BCUT2D eigenvalue weighted by atomic mass is 16.6. The number of nitrogens with one attached hydrogen (secondary N) is 1. The molecule has 1 aliphatic carbocycles. The SMILES string of the molecule is CCOCCOC(=O)C1=C(C)NC2=C(C(=O)CC(C)(C)C2)[C@H]1c1ccccc1OC(C)C. The van der Waals surface area contributed by atoms with Crippen molar-refractivity contribution >= 4 is 11.8 Å². The van der Waals surface area contributed by atoms with Gasteiger partial charge in [-0.2, -0.15) is 0 Å². The van der Waals surface area contributed by atoms with Gasteiger partial charge in [-0.3, -0.25) is 4.79 Å². The highest BCUT2D eigenvalue weighted by molar-refractivity contribution is 6.04. The van der Waals surface area contributed by atoms with Gasteiger partial charge in [0.1, 0.15) is 12.4 Å². The summed E-state index contributed by atoms with van der Waals surface area (Å²) >= 11 is 0. The van der Waals surface area contributed by atoms with Crippen molar-refractivity contribution in [3.8, 4) is 5.75 Å². The monoisotopic (exact) mass is 441 g/mol. The molecule has 1 atom stereocenters. The van der Waals surface area contributed by atoms with Crippen LogP contribution < -0.4 is 10.1 Å². The first-order valence-corrected chi connectivity index (χ1v) is 11.4. The second kappa shape index (κ2) is 9.90. The van der Waals surface area contributed by atoms with Gasteiger partial charge in [0.05, 0.1) is 24.2 Å². The summed E-state index contributed by atoms with van der Waals surface area (Å²) in [6, 6.07) is 7.64. The minimum absolute atomic E-state index is 0.0426. The highest BCUT2D eigenvalue weighted by Crippen LogP contribution is 2.48. The Morgan fingerprint density at radius 1 is 1.19 bits per heavy atom. The first-order valence-electron chi connectivity index (χ1n) is 11.4. The number of hydrogen-bond donors (Lipinski definition) is 1. The van der Waals surface area contributed by atoms with Gasteiger partial charge >= 0.3 is 5.97 Å². The summed E-state index contributed by atoms with van der Waals surface area (Å²) in [4.78, 5) is 26.6. The maximum atomic E-state index is 13.4. The Labute approximate surface area is 191 Å². The molecule has 0 spiro atoms. The number of carbonyl (C=O) groups excluding carboxylic acids is 2. The van der Waals surface area contributed by atoms with E-state index in [4.69, 9.17) is 14.2 Å². The lowest BCUT2D eigenvalue weighted by Crippen LogP contribution is -2.39. The summed E-state index contributed by atoms with van der Waals surface area (Å²) in [5.74, 6) is -0.251. The van der Waals surface area contributed by atoms with Gasteiger partial charge in [-0.15, -0.1) is 0 Å². The van der Waals surface area contributed by atoms with Crippen LogP contribution in [-0.2, 0) is 19.1 Å². The normalized spacial score (nSPS) is 20.2. The van der Waals surface area contributed by atoms with Crippen LogP contribution in [0.2, 0.25) is 0 Å². The Morgan fingerprint density at radius 2 is 1.91 bits per heavy atom. The lowest BCUT2D eigenvalue weighted by atomic mass is 9.68. The Bertz CT molecular complexity index is 941. The molecule has 1 aromatic rings. The molecule has 0 saturated carbocycles. The predicted molar refractivity (Wildman–Crippen MR) is 123 cm³/mol. The molecule has 0 unspecified atom stereocenters. The van der Waals surface area contributed by atoms with Crippen LogP contribution in [0, 0.1) is 5.41 Å². The number of ketones is 1. The van der Waals surface area contributed by atoms with Crippen molar-refractivity contribution in [3.63, 3.8) is 0 Å². The Hall–Kier alpha value is -2.60. The van der Waals surface area contributed by atoms with Crippen molar-refractivity contribution in [1.82, 2.24) is 5.32 Å². The quantitative estimate of drug-likeness (QED) is 0.467. The number of carbonyl (C=O) groups is 2. The van der Waals surface area contributed by atoms with E-state index in [2.05, 4.69) is 19.2 Å². The molecule has 0 radical (unpaired) electrons. The van der Waals surface area contributed by atoms with Gasteiger partial charge in [-0.1, -0.05) is 32.0 Å². The van der Waals surface area contributed by atoms with Crippen LogP contribution >= 0.6 is 0 Å². The van der Waals surface area contributed by atoms with Crippen molar-refractivity contribution in [2.45, 2.75) is 66.4 Å². The number of rotatable bonds is 8. The van der Waals surface area contributed by atoms with Crippen LogP contribution in [0.3, 0.4) is 0 Å². The highest BCUT2D eigenvalue weighted by Gasteiger charge is 2.44. The fraction of sp³-hybridized carbons (Fsp3) is 0.538. The minimum atomic E-state index is -0.538. The third-order valence-corrected chi connectivity index (χ3v) is 5.72. The molecular weight excluding hydrogens is 406 g/mol. The molecule has 32 heavy (non-hydrogen) atoms. The van der Waals surface area contributed by atoms with E-state index < -0.39 is 11.9 Å². The van der Waals surface area contributed by atoms with Crippen molar-refractivity contribution in [2.24, 2.45) is 5.41 Å². The topological polar surface area (TPSA) is 73.9 Å². The second-order valence-electron chi connectivity index (χ2n) is 9.47. The van der Waals surface area contributed by atoms with Crippen LogP contribution in [-0.4, -0.2) is 37.7 Å². The third-order valence-electron chi connectivity index (χ3n) is 5.72. The number of ether oxygens (including phenoxy) is 3. The molecule has 2 aliphatic rings. The molecule has 1 N–H and O–H groups in total. The molecule has 1 aromatic carbocycles. The van der Waals surface area contributed by atoms with Crippen LogP contribution in [0.25, 0.3) is 0 Å². The smallest absolute Gasteiger partial charge is 0.336 e. The summed E-state index contributed by atoms with van der Waals surface area (Å²) in [6.07, 6.45) is 1.13. The summed E-state index contributed by atoms with van der Waals surface area (Å²) in [7, 11) is 0. The summed E-state index contributed by atoms with van der Waals surface area (Å²) in [5, 5.41) is 3.36. The van der Waals surface area contributed by atoms with Crippen molar-refractivity contribution in [2.75, 3.05) is 19.8 Å². The number of Topliss-reactive ketones (excluding diaryl/α,β-unsaturated/α-hetero) is 1. The summed E-state index contributed by atoms with van der Waals surface area (Å²) < 4.78 is 16.9. The van der Waals surface area contributed by atoms with Crippen molar-refractivity contribution in [3.05, 3.63) is 52.4 Å². The molecule has 174 valence electrons. The molecule has 1 heterocycles. The molecule has 0 saturated heterocycles. The van der Waals surface area contributed by atoms with Crippen molar-refractivity contribution in [1.29, 1.82) is 0 Å². The Balaban J connectivity index is 2.09. The zero-order chi connectivity index (χ0) is 23.5. The van der Waals surface area contributed by atoms with Crippen LogP contribution in [0.15, 0.2) is 46.8 Å². The zero-order valence-electron chi connectivity index (χ0n) is 20.0. The second-order valence-corrected chi connectivity index (χ2v) is 9.47. The lowest BCUT2D eigenvalue weighted by Gasteiger charge is -2.39. The Kier molecular flexibility index (Phi) is 7.44. The van der Waals surface area contributed by atoms with Crippen LogP contribution in [0.1, 0.15) is 65.9 Å². The van der Waals surface area contributed by atoms with Crippen LogP contribution in [0.5, 0.6) is 5.75 Å². The standard InChI is InChI=1S/C26H35NO5/c1-7-30-12-13-31-25(29)22-17(4)27-19-14-26(5,6)15-20(28)24(19)23(22)18-10-8-9-11-21(18)32-16(2)3/h8-11,16,23,27H,7,12-15H2,1-6H3/t23-/m0/s1. The van der Waals surface area contributed by atoms with Crippen molar-refractivity contribution < 1.29 is 23.8 Å². The fourth-order valence-electron chi connectivity index (χ4n) is 4.51. The number of allylic oxidation sites excluding steroid dienone is 3. The van der Waals surface area contributed by atoms with Crippen LogP contribution in [0.4, 0.5) is 0 Å². The average Bonchev–Trinajstić information content (AvgIpc) is 2.69. The van der Waals surface area contributed by atoms with Gasteiger partial charge in [-0.05, 0) is 45.6 Å². The van der Waals surface area contributed by atoms with E-state index in [1.165, 1.54) is 0 Å². The van der Waals surface area contributed by atoms with Gasteiger partial charge in [0.2, 0.25) is 0 Å².